The zero-order valence-electron chi connectivity index (χ0n) is 14.2. The van der Waals surface area contributed by atoms with Gasteiger partial charge in [0, 0.05) is 17.1 Å². The molecule has 0 fully saturated rings. The van der Waals surface area contributed by atoms with Crippen LogP contribution in [0.3, 0.4) is 0 Å². The lowest BCUT2D eigenvalue weighted by Gasteiger charge is -2.11. The summed E-state index contributed by atoms with van der Waals surface area (Å²) in [7, 11) is 0. The first kappa shape index (κ1) is 19.4. The molecule has 1 N–H and O–H groups in total. The van der Waals surface area contributed by atoms with Gasteiger partial charge in [0.05, 0.1) is 17.7 Å². The maximum atomic E-state index is 12.0. The van der Waals surface area contributed by atoms with Crippen molar-refractivity contribution in [3.8, 4) is 11.5 Å². The molecule has 6 heteroatoms. The summed E-state index contributed by atoms with van der Waals surface area (Å²) in [6, 6.07) is 12.4. The van der Waals surface area contributed by atoms with Crippen molar-refractivity contribution < 1.29 is 14.3 Å². The fraction of sp³-hybridized carbons (Fsp3) is 0.316. The molecule has 2 aromatic rings. The van der Waals surface area contributed by atoms with Crippen molar-refractivity contribution in [1.82, 2.24) is 0 Å². The number of rotatable bonds is 8. The normalized spacial score (nSPS) is 10.6. The highest BCUT2D eigenvalue weighted by atomic mass is 35.5. The Morgan fingerprint density at radius 1 is 1.12 bits per heavy atom. The molecule has 0 saturated heterocycles. The standard InChI is InChI=1S/C19H21Cl2NO3/c1-13(2)25-16-8-6-15(7-9-16)22-19(23)4-3-11-24-18-10-5-14(20)12-17(18)21/h5-10,12-13H,3-4,11H2,1-2H3,(H,22,23). The molecular formula is C19H21Cl2NO3. The van der Waals surface area contributed by atoms with Gasteiger partial charge in [-0.1, -0.05) is 23.2 Å². The van der Waals surface area contributed by atoms with Crippen LogP contribution in [-0.2, 0) is 4.79 Å². The fourth-order valence-electron chi connectivity index (χ4n) is 2.12. The van der Waals surface area contributed by atoms with Gasteiger partial charge in [-0.15, -0.1) is 0 Å². The Hall–Kier alpha value is -1.91. The van der Waals surface area contributed by atoms with Gasteiger partial charge in [-0.2, -0.15) is 0 Å². The Balaban J connectivity index is 1.71. The third-order valence-electron chi connectivity index (χ3n) is 3.21. The van der Waals surface area contributed by atoms with E-state index in [9.17, 15) is 4.79 Å². The maximum absolute atomic E-state index is 12.0. The average molecular weight is 382 g/mol. The largest absolute Gasteiger partial charge is 0.492 e. The van der Waals surface area contributed by atoms with Crippen LogP contribution in [0, 0.1) is 0 Å². The molecule has 4 nitrogen and oxygen atoms in total. The Bertz CT molecular complexity index is 702. The topological polar surface area (TPSA) is 47.6 Å². The van der Waals surface area contributed by atoms with E-state index in [2.05, 4.69) is 5.32 Å². The minimum absolute atomic E-state index is 0.0664. The van der Waals surface area contributed by atoms with E-state index >= 15 is 0 Å². The number of ether oxygens (including phenoxy) is 2. The van der Waals surface area contributed by atoms with E-state index in [0.29, 0.717) is 35.2 Å². The van der Waals surface area contributed by atoms with E-state index in [-0.39, 0.29) is 12.0 Å². The lowest BCUT2D eigenvalue weighted by atomic mass is 10.2. The summed E-state index contributed by atoms with van der Waals surface area (Å²) in [5.41, 5.74) is 0.739. The minimum Gasteiger partial charge on any atom is -0.492 e. The van der Waals surface area contributed by atoms with Crippen LogP contribution in [0.4, 0.5) is 5.69 Å². The zero-order chi connectivity index (χ0) is 18.2. The van der Waals surface area contributed by atoms with Crippen LogP contribution < -0.4 is 14.8 Å². The highest BCUT2D eigenvalue weighted by molar-refractivity contribution is 6.35. The van der Waals surface area contributed by atoms with Gasteiger partial charge in [-0.25, -0.2) is 0 Å². The molecule has 25 heavy (non-hydrogen) atoms. The van der Waals surface area contributed by atoms with Crippen LogP contribution in [0.1, 0.15) is 26.7 Å². The minimum atomic E-state index is -0.0664. The summed E-state index contributed by atoms with van der Waals surface area (Å²) >= 11 is 11.9. The average Bonchev–Trinajstić information content (AvgIpc) is 2.54. The van der Waals surface area contributed by atoms with Gasteiger partial charge in [0.2, 0.25) is 5.91 Å². The van der Waals surface area contributed by atoms with E-state index in [0.717, 1.165) is 11.4 Å². The molecule has 1 amide bonds. The molecule has 0 spiro atoms. The van der Waals surface area contributed by atoms with Gasteiger partial charge in [0.15, 0.2) is 0 Å². The number of amides is 1. The van der Waals surface area contributed by atoms with Crippen LogP contribution in [0.15, 0.2) is 42.5 Å². The van der Waals surface area contributed by atoms with Crippen LogP contribution in [0.2, 0.25) is 10.0 Å². The van der Waals surface area contributed by atoms with Gasteiger partial charge in [0.25, 0.3) is 0 Å². The van der Waals surface area contributed by atoms with Crippen molar-refractivity contribution in [3.05, 3.63) is 52.5 Å². The number of halogens is 2. The van der Waals surface area contributed by atoms with Crippen LogP contribution >= 0.6 is 23.2 Å². The molecule has 0 unspecified atom stereocenters. The van der Waals surface area contributed by atoms with Gasteiger partial charge in [0.1, 0.15) is 11.5 Å². The molecule has 0 heterocycles. The number of hydrogen-bond donors (Lipinski definition) is 1. The molecule has 0 atom stereocenters. The number of hydrogen-bond acceptors (Lipinski definition) is 3. The number of benzene rings is 2. The van der Waals surface area contributed by atoms with Gasteiger partial charge in [-0.3, -0.25) is 4.79 Å². The lowest BCUT2D eigenvalue weighted by molar-refractivity contribution is -0.116. The number of anilines is 1. The summed E-state index contributed by atoms with van der Waals surface area (Å²) < 4.78 is 11.1. The van der Waals surface area contributed by atoms with Crippen molar-refractivity contribution in [2.75, 3.05) is 11.9 Å². The fourth-order valence-corrected chi connectivity index (χ4v) is 2.58. The second-order valence-electron chi connectivity index (χ2n) is 5.77. The van der Waals surface area contributed by atoms with E-state index in [4.69, 9.17) is 32.7 Å². The molecule has 0 bridgehead atoms. The molecule has 0 aliphatic carbocycles. The SMILES string of the molecule is CC(C)Oc1ccc(NC(=O)CCCOc2ccc(Cl)cc2Cl)cc1. The monoisotopic (exact) mass is 381 g/mol. The second kappa shape index (κ2) is 9.54. The molecule has 0 radical (unpaired) electrons. The summed E-state index contributed by atoms with van der Waals surface area (Å²) in [4.78, 5) is 12.0. The number of carbonyl (C=O) groups excluding carboxylic acids is 1. The van der Waals surface area contributed by atoms with Crippen molar-refractivity contribution >= 4 is 34.8 Å². The summed E-state index contributed by atoms with van der Waals surface area (Å²) in [5, 5.41) is 3.86. The molecule has 0 aliphatic rings. The van der Waals surface area contributed by atoms with E-state index < -0.39 is 0 Å². The highest BCUT2D eigenvalue weighted by Crippen LogP contribution is 2.27. The predicted octanol–water partition coefficient (Wildman–Crippen LogP) is 5.58. The molecule has 0 aliphatic heterocycles. The van der Waals surface area contributed by atoms with Gasteiger partial charge >= 0.3 is 0 Å². The Kier molecular flexibility index (Phi) is 7.41. The van der Waals surface area contributed by atoms with E-state index in [1.807, 2.05) is 38.1 Å². The summed E-state index contributed by atoms with van der Waals surface area (Å²) in [6.07, 6.45) is 1.06. The Morgan fingerprint density at radius 3 is 2.48 bits per heavy atom. The molecule has 0 aromatic heterocycles. The van der Waals surface area contributed by atoms with Gasteiger partial charge in [-0.05, 0) is 62.7 Å². The molecule has 134 valence electrons. The first-order valence-electron chi connectivity index (χ1n) is 8.08. The van der Waals surface area contributed by atoms with Gasteiger partial charge < -0.3 is 14.8 Å². The summed E-state index contributed by atoms with van der Waals surface area (Å²) in [6.45, 7) is 4.33. The van der Waals surface area contributed by atoms with Crippen LogP contribution in [0.5, 0.6) is 11.5 Å². The Labute approximate surface area is 158 Å². The molecule has 2 rings (SSSR count). The predicted molar refractivity (Wildman–Crippen MR) is 102 cm³/mol. The van der Waals surface area contributed by atoms with Crippen molar-refractivity contribution in [2.45, 2.75) is 32.8 Å². The Morgan fingerprint density at radius 2 is 1.84 bits per heavy atom. The summed E-state index contributed by atoms with van der Waals surface area (Å²) in [5.74, 6) is 1.27. The van der Waals surface area contributed by atoms with Crippen molar-refractivity contribution in [1.29, 1.82) is 0 Å². The highest BCUT2D eigenvalue weighted by Gasteiger charge is 2.05. The lowest BCUT2D eigenvalue weighted by Crippen LogP contribution is -2.13. The molecule has 0 saturated carbocycles. The first-order valence-corrected chi connectivity index (χ1v) is 8.84. The zero-order valence-corrected chi connectivity index (χ0v) is 15.7. The number of carbonyl (C=O) groups is 1. The molecule has 2 aromatic carbocycles. The van der Waals surface area contributed by atoms with E-state index in [1.54, 1.807) is 18.2 Å². The molecular weight excluding hydrogens is 361 g/mol. The third kappa shape index (κ3) is 6.85. The third-order valence-corrected chi connectivity index (χ3v) is 3.74. The van der Waals surface area contributed by atoms with E-state index in [1.165, 1.54) is 0 Å². The number of nitrogens with one attached hydrogen (secondary N) is 1. The first-order chi connectivity index (χ1) is 11.9. The quantitative estimate of drug-likeness (QED) is 0.607. The van der Waals surface area contributed by atoms with Crippen molar-refractivity contribution in [2.24, 2.45) is 0 Å². The second-order valence-corrected chi connectivity index (χ2v) is 6.61. The maximum Gasteiger partial charge on any atom is 0.224 e. The smallest absolute Gasteiger partial charge is 0.224 e. The van der Waals surface area contributed by atoms with Crippen molar-refractivity contribution in [3.63, 3.8) is 0 Å². The van der Waals surface area contributed by atoms with Crippen LogP contribution in [-0.4, -0.2) is 18.6 Å². The van der Waals surface area contributed by atoms with Crippen LogP contribution in [0.25, 0.3) is 0 Å².